The molecule has 1 aliphatic carbocycles. The van der Waals surface area contributed by atoms with Crippen LogP contribution in [0.15, 0.2) is 36.4 Å². The summed E-state index contributed by atoms with van der Waals surface area (Å²) in [5.74, 6) is 0.0741. The van der Waals surface area contributed by atoms with Crippen LogP contribution in [-0.4, -0.2) is 47.4 Å². The van der Waals surface area contributed by atoms with Crippen molar-refractivity contribution in [3.05, 3.63) is 42.0 Å². The molecule has 1 atom stereocenters. The van der Waals surface area contributed by atoms with Crippen molar-refractivity contribution in [3.8, 4) is 6.07 Å². The van der Waals surface area contributed by atoms with Crippen LogP contribution in [0.5, 0.6) is 0 Å². The van der Waals surface area contributed by atoms with Crippen molar-refractivity contribution in [2.45, 2.75) is 57.0 Å². The maximum Gasteiger partial charge on any atom is 0.240 e. The number of hydrogen-bond donors (Lipinski definition) is 0. The summed E-state index contributed by atoms with van der Waals surface area (Å²) in [4.78, 5) is 17.0. The van der Waals surface area contributed by atoms with Gasteiger partial charge in [0.05, 0.1) is 12.1 Å². The second-order valence-corrected chi connectivity index (χ2v) is 7.62. The molecule has 0 N–H and O–H groups in total. The van der Waals surface area contributed by atoms with Crippen LogP contribution in [0, 0.1) is 11.3 Å². The zero-order valence-electron chi connectivity index (χ0n) is 15.9. The Morgan fingerprint density at radius 3 is 2.50 bits per heavy atom. The van der Waals surface area contributed by atoms with Crippen LogP contribution in [0.4, 0.5) is 0 Å². The van der Waals surface area contributed by atoms with E-state index in [1.807, 2.05) is 20.0 Å². The van der Waals surface area contributed by atoms with E-state index in [2.05, 4.69) is 41.3 Å². The molecule has 1 fully saturated rings. The van der Waals surface area contributed by atoms with E-state index in [1.54, 1.807) is 4.90 Å². The average molecular weight is 351 g/mol. The van der Waals surface area contributed by atoms with Crippen LogP contribution in [0.25, 0.3) is 5.57 Å². The number of amides is 1. The van der Waals surface area contributed by atoms with Gasteiger partial charge in [0.25, 0.3) is 0 Å². The number of nitrogens with zero attached hydrogens (tertiary/aromatic N) is 3. The summed E-state index contributed by atoms with van der Waals surface area (Å²) < 4.78 is 0. The summed E-state index contributed by atoms with van der Waals surface area (Å²) in [5.41, 5.74) is 2.02. The van der Waals surface area contributed by atoms with Crippen molar-refractivity contribution >= 4 is 11.5 Å². The first-order valence-corrected chi connectivity index (χ1v) is 9.75. The summed E-state index contributed by atoms with van der Waals surface area (Å²) in [6.45, 7) is 3.64. The molecule has 0 saturated heterocycles. The third-order valence-corrected chi connectivity index (χ3v) is 6.15. The highest BCUT2D eigenvalue weighted by atomic mass is 16.2. The Balaban J connectivity index is 1.66. The van der Waals surface area contributed by atoms with Gasteiger partial charge in [0.15, 0.2) is 0 Å². The third-order valence-electron chi connectivity index (χ3n) is 6.15. The van der Waals surface area contributed by atoms with Gasteiger partial charge in [0.2, 0.25) is 5.91 Å². The summed E-state index contributed by atoms with van der Waals surface area (Å²) in [6, 6.07) is 12.7. The fourth-order valence-electron chi connectivity index (χ4n) is 4.26. The van der Waals surface area contributed by atoms with E-state index >= 15 is 0 Å². The van der Waals surface area contributed by atoms with Gasteiger partial charge in [0, 0.05) is 20.1 Å². The monoisotopic (exact) mass is 351 g/mol. The van der Waals surface area contributed by atoms with Crippen molar-refractivity contribution < 1.29 is 4.79 Å². The Bertz CT molecular complexity index is 698. The Morgan fingerprint density at radius 1 is 1.23 bits per heavy atom. The van der Waals surface area contributed by atoms with E-state index in [-0.39, 0.29) is 11.9 Å². The highest BCUT2D eigenvalue weighted by Gasteiger charge is 2.41. The minimum atomic E-state index is -0.607. The van der Waals surface area contributed by atoms with E-state index < -0.39 is 5.54 Å². The standard InChI is InChI=1S/C22H29N3O/c1-18(21(26)24(2)22(17-23)13-7-4-8-14-22)25-15-11-20(12-16-25)19-9-5-3-6-10-19/h3,5-6,9-11,18H,4,7-8,12-16H2,1-2H3/t18-/m0/s1. The molecule has 4 nitrogen and oxygen atoms in total. The molecule has 26 heavy (non-hydrogen) atoms. The fourth-order valence-corrected chi connectivity index (χ4v) is 4.26. The van der Waals surface area contributed by atoms with Crippen molar-refractivity contribution in [1.29, 1.82) is 5.26 Å². The molecule has 1 heterocycles. The number of hydrogen-bond acceptors (Lipinski definition) is 3. The zero-order chi connectivity index (χ0) is 18.6. The van der Waals surface area contributed by atoms with E-state index in [1.165, 1.54) is 17.6 Å². The Morgan fingerprint density at radius 2 is 1.92 bits per heavy atom. The first kappa shape index (κ1) is 18.7. The van der Waals surface area contributed by atoms with Crippen molar-refractivity contribution in [2.24, 2.45) is 0 Å². The number of nitriles is 1. The molecule has 0 aromatic heterocycles. The van der Waals surface area contributed by atoms with Crippen LogP contribution in [0.1, 0.15) is 51.0 Å². The topological polar surface area (TPSA) is 47.3 Å². The van der Waals surface area contributed by atoms with Gasteiger partial charge in [-0.2, -0.15) is 5.26 Å². The highest BCUT2D eigenvalue weighted by Crippen LogP contribution is 2.33. The van der Waals surface area contributed by atoms with Gasteiger partial charge in [-0.05, 0) is 37.3 Å². The quantitative estimate of drug-likeness (QED) is 0.828. The molecule has 0 spiro atoms. The smallest absolute Gasteiger partial charge is 0.240 e. The number of rotatable bonds is 4. The molecule has 138 valence electrons. The number of carbonyl (C=O) groups excluding carboxylic acids is 1. The predicted octanol–water partition coefficient (Wildman–Crippen LogP) is 3.85. The molecule has 1 aromatic rings. The lowest BCUT2D eigenvalue weighted by Crippen LogP contribution is -2.56. The van der Waals surface area contributed by atoms with Crippen molar-refractivity contribution in [1.82, 2.24) is 9.80 Å². The molecular formula is C22H29N3O. The number of likely N-dealkylation sites (N-methyl/N-ethyl adjacent to an activating group) is 1. The number of benzene rings is 1. The lowest BCUT2D eigenvalue weighted by atomic mass is 9.81. The van der Waals surface area contributed by atoms with E-state index in [0.29, 0.717) is 0 Å². The van der Waals surface area contributed by atoms with Gasteiger partial charge in [-0.25, -0.2) is 0 Å². The largest absolute Gasteiger partial charge is 0.326 e. The molecule has 1 saturated carbocycles. The van der Waals surface area contributed by atoms with Crippen LogP contribution in [0.3, 0.4) is 0 Å². The Labute approximate surface area is 157 Å². The third kappa shape index (κ3) is 3.68. The van der Waals surface area contributed by atoms with Crippen molar-refractivity contribution in [3.63, 3.8) is 0 Å². The molecule has 3 rings (SSSR count). The summed E-state index contributed by atoms with van der Waals surface area (Å²) in [6.07, 6.45) is 8.03. The van der Waals surface area contributed by atoms with Crippen LogP contribution < -0.4 is 0 Å². The van der Waals surface area contributed by atoms with Gasteiger partial charge in [-0.1, -0.05) is 55.7 Å². The van der Waals surface area contributed by atoms with Crippen LogP contribution in [0.2, 0.25) is 0 Å². The molecule has 1 aliphatic heterocycles. The molecule has 0 unspecified atom stereocenters. The maximum absolute atomic E-state index is 13.1. The van der Waals surface area contributed by atoms with Gasteiger partial charge in [-0.15, -0.1) is 0 Å². The number of carbonyl (C=O) groups is 1. The molecule has 0 radical (unpaired) electrons. The lowest BCUT2D eigenvalue weighted by Gasteiger charge is -2.42. The minimum absolute atomic E-state index is 0.0741. The Hall–Kier alpha value is -2.12. The minimum Gasteiger partial charge on any atom is -0.326 e. The van der Waals surface area contributed by atoms with Crippen LogP contribution in [-0.2, 0) is 4.79 Å². The summed E-state index contributed by atoms with van der Waals surface area (Å²) >= 11 is 0. The Kier molecular flexibility index (Phi) is 5.78. The zero-order valence-corrected chi connectivity index (χ0v) is 15.9. The second-order valence-electron chi connectivity index (χ2n) is 7.62. The maximum atomic E-state index is 13.1. The SMILES string of the molecule is C[C@@H](C(=O)N(C)C1(C#N)CCCCC1)N1CC=C(c2ccccc2)CC1. The molecule has 4 heteroatoms. The summed E-state index contributed by atoms with van der Waals surface area (Å²) in [7, 11) is 1.82. The average Bonchev–Trinajstić information content (AvgIpc) is 2.73. The van der Waals surface area contributed by atoms with Crippen molar-refractivity contribution in [2.75, 3.05) is 20.1 Å². The van der Waals surface area contributed by atoms with E-state index in [9.17, 15) is 10.1 Å². The molecule has 1 amide bonds. The van der Waals surface area contributed by atoms with E-state index in [4.69, 9.17) is 0 Å². The normalized spacial score (nSPS) is 21.3. The predicted molar refractivity (Wildman–Crippen MR) is 104 cm³/mol. The lowest BCUT2D eigenvalue weighted by molar-refractivity contribution is -0.140. The van der Waals surface area contributed by atoms with Gasteiger partial charge >= 0.3 is 0 Å². The first-order valence-electron chi connectivity index (χ1n) is 9.75. The molecular weight excluding hydrogens is 322 g/mol. The van der Waals surface area contributed by atoms with E-state index in [0.717, 1.165) is 45.2 Å². The van der Waals surface area contributed by atoms with Gasteiger partial charge < -0.3 is 4.90 Å². The summed E-state index contributed by atoms with van der Waals surface area (Å²) in [5, 5.41) is 9.75. The fraction of sp³-hybridized carbons (Fsp3) is 0.545. The van der Waals surface area contributed by atoms with Gasteiger partial charge in [0.1, 0.15) is 5.54 Å². The first-order chi connectivity index (χ1) is 12.6. The molecule has 2 aliphatic rings. The highest BCUT2D eigenvalue weighted by molar-refractivity contribution is 5.82. The van der Waals surface area contributed by atoms with Gasteiger partial charge in [-0.3, -0.25) is 9.69 Å². The second kappa shape index (κ2) is 8.05. The van der Waals surface area contributed by atoms with Crippen LogP contribution >= 0.6 is 0 Å². The molecule has 1 aromatic carbocycles. The molecule has 0 bridgehead atoms.